The number of aromatic amines is 1. The van der Waals surface area contributed by atoms with E-state index in [9.17, 15) is 18.0 Å². The first-order valence-electron chi connectivity index (χ1n) is 7.57. The van der Waals surface area contributed by atoms with Crippen LogP contribution in [0.5, 0.6) is 5.75 Å². The van der Waals surface area contributed by atoms with Gasteiger partial charge in [0.15, 0.2) is 11.4 Å². The normalized spacial score (nSPS) is 24.1. The van der Waals surface area contributed by atoms with Crippen molar-refractivity contribution in [1.82, 2.24) is 20.0 Å². The van der Waals surface area contributed by atoms with Crippen molar-refractivity contribution in [3.05, 3.63) is 23.9 Å². The zero-order valence-electron chi connectivity index (χ0n) is 12.8. The number of alkyl halides is 3. The first-order chi connectivity index (χ1) is 11.3. The lowest BCUT2D eigenvalue weighted by Crippen LogP contribution is -2.47. The van der Waals surface area contributed by atoms with Crippen LogP contribution in [0.2, 0.25) is 0 Å². The summed E-state index contributed by atoms with van der Waals surface area (Å²) in [7, 11) is 2.02. The molecule has 1 aromatic carbocycles. The highest BCUT2D eigenvalue weighted by molar-refractivity contribution is 6.06. The van der Waals surface area contributed by atoms with Gasteiger partial charge in [-0.25, -0.2) is 0 Å². The number of carbonyl (C=O) groups excluding carboxylic acids is 1. The summed E-state index contributed by atoms with van der Waals surface area (Å²) in [5.41, 5.74) is 0.201. The van der Waals surface area contributed by atoms with Crippen LogP contribution >= 0.6 is 0 Å². The Morgan fingerprint density at radius 2 is 2.12 bits per heavy atom. The molecule has 0 saturated carbocycles. The van der Waals surface area contributed by atoms with E-state index in [1.165, 1.54) is 12.1 Å². The van der Waals surface area contributed by atoms with Gasteiger partial charge in [0.1, 0.15) is 5.52 Å². The second kappa shape index (κ2) is 5.10. The summed E-state index contributed by atoms with van der Waals surface area (Å²) in [6, 6.07) is 4.65. The lowest BCUT2D eigenvalue weighted by Gasteiger charge is -2.31. The van der Waals surface area contributed by atoms with E-state index in [1.54, 1.807) is 11.0 Å². The first-order valence-corrected chi connectivity index (χ1v) is 7.57. The Morgan fingerprint density at radius 3 is 2.75 bits per heavy atom. The number of amides is 1. The maximum Gasteiger partial charge on any atom is 0.573 e. The van der Waals surface area contributed by atoms with Crippen LogP contribution < -0.4 is 4.74 Å². The molecule has 6 nitrogen and oxygen atoms in total. The van der Waals surface area contributed by atoms with Crippen molar-refractivity contribution in [3.63, 3.8) is 0 Å². The molecule has 3 heterocycles. The Morgan fingerprint density at radius 1 is 1.33 bits per heavy atom. The molecule has 2 atom stereocenters. The number of nitrogens with one attached hydrogen (secondary N) is 1. The van der Waals surface area contributed by atoms with E-state index >= 15 is 0 Å². The van der Waals surface area contributed by atoms with Gasteiger partial charge in [-0.15, -0.1) is 13.2 Å². The number of carbonyl (C=O) groups is 1. The van der Waals surface area contributed by atoms with Crippen LogP contribution in [-0.4, -0.2) is 64.5 Å². The molecular weight excluding hydrogens is 325 g/mol. The van der Waals surface area contributed by atoms with Crippen molar-refractivity contribution in [2.24, 2.45) is 0 Å². The van der Waals surface area contributed by atoms with Gasteiger partial charge in [0.05, 0.1) is 0 Å². The predicted molar refractivity (Wildman–Crippen MR) is 78.6 cm³/mol. The summed E-state index contributed by atoms with van der Waals surface area (Å²) < 4.78 is 41.4. The highest BCUT2D eigenvalue weighted by atomic mass is 19.4. The fourth-order valence-corrected chi connectivity index (χ4v) is 3.64. The summed E-state index contributed by atoms with van der Waals surface area (Å²) >= 11 is 0. The number of hydrogen-bond acceptors (Lipinski definition) is 4. The number of likely N-dealkylation sites (N-methyl/N-ethyl adjacent to an activating group) is 1. The van der Waals surface area contributed by atoms with Gasteiger partial charge in [-0.05, 0) is 19.5 Å². The van der Waals surface area contributed by atoms with Crippen molar-refractivity contribution < 1.29 is 22.7 Å². The SMILES string of the molecule is CN1CC2CC1CN2C(=O)c1n[nH]c2c(OC(F)(F)F)cccc12. The number of fused-ring (bicyclic) bond motifs is 3. The molecule has 128 valence electrons. The average Bonchev–Trinajstić information content (AvgIpc) is 3.17. The van der Waals surface area contributed by atoms with E-state index in [1.807, 2.05) is 7.05 Å². The largest absolute Gasteiger partial charge is 0.573 e. The number of piperazine rings is 1. The molecule has 0 spiro atoms. The molecule has 2 aliphatic rings. The Bertz CT molecular complexity index is 802. The number of nitrogens with zero attached hydrogens (tertiary/aromatic N) is 3. The van der Waals surface area contributed by atoms with Crippen LogP contribution in [0, 0.1) is 0 Å². The summed E-state index contributed by atoms with van der Waals surface area (Å²) in [5, 5.41) is 6.79. The fraction of sp³-hybridized carbons (Fsp3) is 0.467. The molecule has 2 aliphatic heterocycles. The molecule has 0 aliphatic carbocycles. The number of hydrogen-bond donors (Lipinski definition) is 1. The summed E-state index contributed by atoms with van der Waals surface area (Å²) in [4.78, 5) is 16.8. The van der Waals surface area contributed by atoms with Crippen LogP contribution in [0.25, 0.3) is 10.9 Å². The molecule has 0 radical (unpaired) electrons. The Hall–Kier alpha value is -2.29. The third-order valence-corrected chi connectivity index (χ3v) is 4.76. The Labute approximate surface area is 135 Å². The van der Waals surface area contributed by atoms with Crippen molar-refractivity contribution >= 4 is 16.8 Å². The van der Waals surface area contributed by atoms with Gasteiger partial charge in [0.25, 0.3) is 5.91 Å². The molecule has 2 unspecified atom stereocenters. The van der Waals surface area contributed by atoms with E-state index < -0.39 is 12.1 Å². The second-order valence-electron chi connectivity index (χ2n) is 6.24. The van der Waals surface area contributed by atoms with Crippen LogP contribution in [0.1, 0.15) is 16.9 Å². The summed E-state index contributed by atoms with van der Waals surface area (Å²) in [6.07, 6.45) is -3.88. The third-order valence-electron chi connectivity index (χ3n) is 4.76. The van der Waals surface area contributed by atoms with Crippen LogP contribution in [0.3, 0.4) is 0 Å². The number of H-pyrrole nitrogens is 1. The van der Waals surface area contributed by atoms with E-state index in [0.717, 1.165) is 13.0 Å². The van der Waals surface area contributed by atoms with Gasteiger partial charge in [-0.1, -0.05) is 12.1 Å². The van der Waals surface area contributed by atoms with E-state index in [2.05, 4.69) is 19.8 Å². The Balaban J connectivity index is 1.66. The number of benzene rings is 1. The van der Waals surface area contributed by atoms with Gasteiger partial charge in [0, 0.05) is 30.6 Å². The molecule has 1 N–H and O–H groups in total. The standard InChI is InChI=1S/C15H15F3N4O2/c1-21-6-9-5-8(21)7-22(9)14(23)13-10-3-2-4-11(12(10)19-20-13)24-15(16,17)18/h2-4,8-9H,5-7H2,1H3,(H,19,20). The zero-order chi connectivity index (χ0) is 17.1. The number of aromatic nitrogens is 2. The minimum absolute atomic E-state index is 0.0691. The van der Waals surface area contributed by atoms with Crippen molar-refractivity contribution in [2.45, 2.75) is 24.9 Å². The lowest BCUT2D eigenvalue weighted by molar-refractivity contribution is -0.274. The zero-order valence-corrected chi connectivity index (χ0v) is 12.8. The van der Waals surface area contributed by atoms with Crippen molar-refractivity contribution in [2.75, 3.05) is 20.1 Å². The van der Waals surface area contributed by atoms with E-state index in [4.69, 9.17) is 0 Å². The van der Waals surface area contributed by atoms with Gasteiger partial charge in [-0.2, -0.15) is 5.10 Å². The molecule has 1 amide bonds. The second-order valence-corrected chi connectivity index (χ2v) is 6.24. The quantitative estimate of drug-likeness (QED) is 0.908. The van der Waals surface area contributed by atoms with Gasteiger partial charge >= 0.3 is 6.36 Å². The molecule has 1 aromatic heterocycles. The highest BCUT2D eigenvalue weighted by Gasteiger charge is 2.44. The molecule has 2 bridgehead atoms. The van der Waals surface area contributed by atoms with Gasteiger partial charge in [-0.3, -0.25) is 14.8 Å². The number of halogens is 3. The predicted octanol–water partition coefficient (Wildman–Crippen LogP) is 1.99. The maximum atomic E-state index is 12.8. The molecule has 2 saturated heterocycles. The van der Waals surface area contributed by atoms with Crippen molar-refractivity contribution in [3.8, 4) is 5.75 Å². The monoisotopic (exact) mass is 340 g/mol. The topological polar surface area (TPSA) is 61.5 Å². The van der Waals surface area contributed by atoms with Crippen LogP contribution in [0.15, 0.2) is 18.2 Å². The van der Waals surface area contributed by atoms with Crippen molar-refractivity contribution in [1.29, 1.82) is 0 Å². The minimum Gasteiger partial charge on any atom is -0.403 e. The number of likely N-dealkylation sites (tertiary alicyclic amines) is 2. The summed E-state index contributed by atoms with van der Waals surface area (Å²) in [6.45, 7) is 1.42. The minimum atomic E-state index is -4.80. The fourth-order valence-electron chi connectivity index (χ4n) is 3.64. The van der Waals surface area contributed by atoms with Crippen LogP contribution in [0.4, 0.5) is 13.2 Å². The molecule has 2 aromatic rings. The Kier molecular flexibility index (Phi) is 3.24. The molecule has 24 heavy (non-hydrogen) atoms. The smallest absolute Gasteiger partial charge is 0.403 e. The summed E-state index contributed by atoms with van der Waals surface area (Å²) in [5.74, 6) is -0.653. The third kappa shape index (κ3) is 2.39. The average molecular weight is 340 g/mol. The molecule has 2 fully saturated rings. The highest BCUT2D eigenvalue weighted by Crippen LogP contribution is 2.34. The lowest BCUT2D eigenvalue weighted by atomic mass is 10.1. The molecule has 4 rings (SSSR count). The molecule has 9 heteroatoms. The van der Waals surface area contributed by atoms with E-state index in [-0.39, 0.29) is 23.2 Å². The maximum absolute atomic E-state index is 12.8. The van der Waals surface area contributed by atoms with Gasteiger partial charge in [0.2, 0.25) is 0 Å². The number of rotatable bonds is 2. The van der Waals surface area contributed by atoms with Crippen LogP contribution in [-0.2, 0) is 0 Å². The first kappa shape index (κ1) is 15.3. The number of para-hydroxylation sites is 1. The number of ether oxygens (including phenoxy) is 1. The van der Waals surface area contributed by atoms with E-state index in [0.29, 0.717) is 18.0 Å². The van der Waals surface area contributed by atoms with Gasteiger partial charge < -0.3 is 9.64 Å². The molecular formula is C15H15F3N4O2.